The third-order valence-corrected chi connectivity index (χ3v) is 6.39. The summed E-state index contributed by atoms with van der Waals surface area (Å²) in [4.78, 5) is 0. The summed E-state index contributed by atoms with van der Waals surface area (Å²) < 4.78 is 37.7. The van der Waals surface area contributed by atoms with Crippen LogP contribution in [0.4, 0.5) is 11.4 Å². The number of amidine groups is 1. The van der Waals surface area contributed by atoms with Crippen molar-refractivity contribution in [3.63, 3.8) is 0 Å². The zero-order valence-corrected chi connectivity index (χ0v) is 19.4. The molecule has 0 amide bonds. The summed E-state index contributed by atoms with van der Waals surface area (Å²) in [5, 5.41) is 19.6. The van der Waals surface area contributed by atoms with Crippen LogP contribution in [0.15, 0.2) is 35.0 Å². The van der Waals surface area contributed by atoms with Gasteiger partial charge in [0.25, 0.3) is 0 Å². The van der Waals surface area contributed by atoms with Crippen LogP contribution in [0.3, 0.4) is 0 Å². The zero-order valence-electron chi connectivity index (χ0n) is 17.8. The van der Waals surface area contributed by atoms with Gasteiger partial charge in [-0.3, -0.25) is 4.68 Å². The van der Waals surface area contributed by atoms with Crippen LogP contribution >= 0.6 is 11.6 Å². The Bertz CT molecular complexity index is 1030. The van der Waals surface area contributed by atoms with Gasteiger partial charge in [0.15, 0.2) is 0 Å². The van der Waals surface area contributed by atoms with Crippen LogP contribution in [0.25, 0.3) is 0 Å². The van der Waals surface area contributed by atoms with Crippen LogP contribution in [-0.2, 0) is 28.4 Å². The second-order valence-electron chi connectivity index (χ2n) is 7.96. The van der Waals surface area contributed by atoms with Gasteiger partial charge in [-0.05, 0) is 48.9 Å². The summed E-state index contributed by atoms with van der Waals surface area (Å²) in [5.74, 6) is 0.402. The number of halogens is 1. The highest BCUT2D eigenvalue weighted by Gasteiger charge is 2.32. The summed E-state index contributed by atoms with van der Waals surface area (Å²) in [6.07, 6.45) is 4.79. The summed E-state index contributed by atoms with van der Waals surface area (Å²) in [6.45, 7) is 5.02. The molecule has 1 fully saturated rings. The Labute approximate surface area is 187 Å². The van der Waals surface area contributed by atoms with Gasteiger partial charge in [-0.1, -0.05) is 25.4 Å². The quantitative estimate of drug-likeness (QED) is 0.493. The lowest BCUT2D eigenvalue weighted by atomic mass is 10.0. The molecule has 0 saturated carbocycles. The van der Waals surface area contributed by atoms with E-state index >= 15 is 0 Å². The van der Waals surface area contributed by atoms with E-state index in [9.17, 15) is 13.5 Å². The van der Waals surface area contributed by atoms with E-state index in [0.29, 0.717) is 48.4 Å². The molecular formula is C20H27ClN5O4S-. The zero-order chi connectivity index (χ0) is 22.6. The molecule has 1 N–H and O–H groups in total. The van der Waals surface area contributed by atoms with E-state index in [-0.39, 0.29) is 6.04 Å². The van der Waals surface area contributed by atoms with Gasteiger partial charge in [0.05, 0.1) is 23.9 Å². The van der Waals surface area contributed by atoms with Crippen LogP contribution < -0.4 is 14.7 Å². The topological polar surface area (TPSA) is 112 Å². The first kappa shape index (κ1) is 23.4. The van der Waals surface area contributed by atoms with Crippen molar-refractivity contribution in [3.8, 4) is 0 Å². The maximum Gasteiger partial charge on any atom is 0.345 e. The minimum atomic E-state index is -4.32. The highest BCUT2D eigenvalue weighted by molar-refractivity contribution is 7.91. The van der Waals surface area contributed by atoms with Crippen LogP contribution in [0, 0.1) is 5.92 Å². The summed E-state index contributed by atoms with van der Waals surface area (Å²) in [6, 6.07) is 3.79. The molecule has 0 bridgehead atoms. The second kappa shape index (κ2) is 9.88. The first-order valence-corrected chi connectivity index (χ1v) is 11.9. The van der Waals surface area contributed by atoms with E-state index in [1.165, 1.54) is 10.9 Å². The second-order valence-corrected chi connectivity index (χ2v) is 9.87. The van der Waals surface area contributed by atoms with Crippen LogP contribution in [0.2, 0.25) is 5.02 Å². The number of hydrogen-bond donors (Lipinski definition) is 1. The van der Waals surface area contributed by atoms with Crippen molar-refractivity contribution in [3.05, 3.63) is 41.2 Å². The average molecular weight is 469 g/mol. The molecule has 1 saturated heterocycles. The summed E-state index contributed by atoms with van der Waals surface area (Å²) in [5.41, 5.74) is 1.69. The Kier molecular flexibility index (Phi) is 7.45. The predicted octanol–water partition coefficient (Wildman–Crippen LogP) is 2.33. The number of nitrogens with zero attached hydrogens (tertiary/aromatic N) is 4. The van der Waals surface area contributed by atoms with E-state index in [4.69, 9.17) is 16.3 Å². The largest absolute Gasteiger partial charge is 0.845 e. The number of benzene rings is 1. The molecule has 1 aliphatic rings. The molecule has 170 valence electrons. The van der Waals surface area contributed by atoms with Crippen molar-refractivity contribution in [1.29, 1.82) is 0 Å². The van der Waals surface area contributed by atoms with Crippen molar-refractivity contribution >= 4 is 39.2 Å². The third kappa shape index (κ3) is 6.34. The van der Waals surface area contributed by atoms with Gasteiger partial charge in [0, 0.05) is 37.2 Å². The Balaban J connectivity index is 1.87. The molecule has 0 aliphatic carbocycles. The monoisotopic (exact) mass is 468 g/mol. The van der Waals surface area contributed by atoms with Gasteiger partial charge in [-0.2, -0.15) is 13.5 Å². The number of anilines is 2. The molecule has 11 heteroatoms. The maximum absolute atomic E-state index is 13.1. The van der Waals surface area contributed by atoms with Crippen molar-refractivity contribution in [2.75, 3.05) is 22.8 Å². The summed E-state index contributed by atoms with van der Waals surface area (Å²) >= 11 is 6.15. The fraction of sp³-hybridized carbons (Fsp3) is 0.500. The number of hydrogen-bond acceptors (Lipinski definition) is 5. The predicted molar refractivity (Wildman–Crippen MR) is 119 cm³/mol. The van der Waals surface area contributed by atoms with Crippen molar-refractivity contribution in [2.24, 2.45) is 17.4 Å². The number of aryl methyl sites for hydroxylation is 1. The number of rotatable bonds is 7. The van der Waals surface area contributed by atoms with Gasteiger partial charge in [-0.25, -0.2) is 4.31 Å². The molecule has 2 aromatic rings. The normalized spacial score (nSPS) is 16.0. The fourth-order valence-electron chi connectivity index (χ4n) is 3.58. The number of nitrogens with one attached hydrogen (secondary N) is 1. The fourth-order valence-corrected chi connectivity index (χ4v) is 5.13. The third-order valence-electron chi connectivity index (χ3n) is 4.77. The molecule has 0 unspecified atom stereocenters. The maximum atomic E-state index is 13.1. The average Bonchev–Trinajstić information content (AvgIpc) is 3.06. The smallest absolute Gasteiger partial charge is 0.345 e. The molecule has 31 heavy (non-hydrogen) atoms. The van der Waals surface area contributed by atoms with Crippen molar-refractivity contribution in [1.82, 2.24) is 9.78 Å². The highest BCUT2D eigenvalue weighted by Crippen LogP contribution is 2.27. The molecule has 0 atom stereocenters. The van der Waals surface area contributed by atoms with Crippen LogP contribution in [0.5, 0.6) is 0 Å². The van der Waals surface area contributed by atoms with Gasteiger partial charge in [0.2, 0.25) is 0 Å². The van der Waals surface area contributed by atoms with E-state index in [1.54, 1.807) is 25.4 Å². The van der Waals surface area contributed by atoms with Gasteiger partial charge >= 0.3 is 10.2 Å². The van der Waals surface area contributed by atoms with E-state index in [2.05, 4.69) is 28.7 Å². The Morgan fingerprint density at radius 3 is 2.71 bits per heavy atom. The van der Waals surface area contributed by atoms with E-state index in [0.717, 1.165) is 16.3 Å². The van der Waals surface area contributed by atoms with Gasteiger partial charge in [-0.15, -0.1) is 4.40 Å². The SMILES string of the molecule is CC(C)Cc1cc(Cl)cc(N/C([O-])=N/S(=O)(=O)N(c2cnn(C)c2)C2CCOCC2)c1. The lowest BCUT2D eigenvalue weighted by molar-refractivity contribution is -0.213. The highest BCUT2D eigenvalue weighted by atomic mass is 35.5. The van der Waals surface area contributed by atoms with Crippen molar-refractivity contribution < 1.29 is 18.3 Å². The van der Waals surface area contributed by atoms with Crippen molar-refractivity contribution in [2.45, 2.75) is 39.2 Å². The minimum Gasteiger partial charge on any atom is -0.845 e. The number of aromatic nitrogens is 2. The van der Waals surface area contributed by atoms with Crippen LogP contribution in [0.1, 0.15) is 32.3 Å². The Morgan fingerprint density at radius 2 is 2.10 bits per heavy atom. The first-order chi connectivity index (χ1) is 14.6. The molecule has 3 rings (SSSR count). The summed E-state index contributed by atoms with van der Waals surface area (Å²) in [7, 11) is -2.63. The van der Waals surface area contributed by atoms with Gasteiger partial charge in [0.1, 0.15) is 0 Å². The molecule has 1 aliphatic heterocycles. The molecule has 2 heterocycles. The Morgan fingerprint density at radius 1 is 1.39 bits per heavy atom. The number of ether oxygens (including phenoxy) is 1. The van der Waals surface area contributed by atoms with Gasteiger partial charge < -0.3 is 15.2 Å². The van der Waals surface area contributed by atoms with E-state index in [1.807, 2.05) is 6.07 Å². The van der Waals surface area contributed by atoms with E-state index < -0.39 is 16.2 Å². The Hall–Kier alpha value is -2.30. The molecule has 1 aromatic carbocycles. The lowest BCUT2D eigenvalue weighted by Gasteiger charge is -2.32. The molecular weight excluding hydrogens is 442 g/mol. The molecule has 9 nitrogen and oxygen atoms in total. The molecule has 0 spiro atoms. The molecule has 1 aromatic heterocycles. The molecule has 0 radical (unpaired) electrons. The standard InChI is InChI=1S/C20H28ClN5O4S/c1-14(2)8-15-9-16(21)11-17(10-15)23-20(27)24-31(28,29)26(18-4-6-30-7-5-18)19-12-22-25(3)13-19/h9-14,18H,4-8H2,1-3H3,(H2,23,24,27)/p-1. The minimum absolute atomic E-state index is 0.355. The first-order valence-electron chi connectivity index (χ1n) is 10.1. The lowest BCUT2D eigenvalue weighted by Crippen LogP contribution is -2.44. The van der Waals surface area contributed by atoms with Crippen LogP contribution in [-0.4, -0.2) is 43.5 Å².